The molecule has 0 amide bonds. The van der Waals surface area contributed by atoms with Gasteiger partial charge in [-0.15, -0.1) is 0 Å². The molecule has 0 saturated carbocycles. The number of aliphatic hydroxyl groups is 2. The third-order valence-corrected chi connectivity index (χ3v) is 4.86. The molecule has 1 atom stereocenters. The lowest BCUT2D eigenvalue weighted by molar-refractivity contribution is 0.144. The average Bonchev–Trinajstić information content (AvgIpc) is 2.74. The third-order valence-electron chi connectivity index (χ3n) is 4.86. The van der Waals surface area contributed by atoms with Crippen molar-refractivity contribution in [1.82, 2.24) is 0 Å². The molecule has 3 heteroatoms. The highest BCUT2D eigenvalue weighted by molar-refractivity contribution is 5.65. The van der Waals surface area contributed by atoms with Crippen molar-refractivity contribution >= 4 is 0 Å². The van der Waals surface area contributed by atoms with E-state index in [4.69, 9.17) is 4.74 Å². The lowest BCUT2D eigenvalue weighted by Crippen LogP contribution is -2.26. The maximum atomic E-state index is 11.5. The molecule has 0 spiro atoms. The van der Waals surface area contributed by atoms with Gasteiger partial charge in [-0.1, -0.05) is 72.0 Å². The van der Waals surface area contributed by atoms with Crippen molar-refractivity contribution in [3.63, 3.8) is 0 Å². The summed E-state index contributed by atoms with van der Waals surface area (Å²) in [6, 6.07) is 21.5. The van der Waals surface area contributed by atoms with Crippen molar-refractivity contribution < 1.29 is 14.9 Å². The Morgan fingerprint density at radius 3 is 2.07 bits per heavy atom. The van der Waals surface area contributed by atoms with Gasteiger partial charge in [0.2, 0.25) is 0 Å². The lowest BCUT2D eigenvalue weighted by Gasteiger charge is -2.26. The smallest absolute Gasteiger partial charge is 0.177 e. The first-order valence-corrected chi connectivity index (χ1v) is 9.14. The van der Waals surface area contributed by atoms with Crippen molar-refractivity contribution in [2.75, 3.05) is 13.7 Å². The van der Waals surface area contributed by atoms with Crippen LogP contribution in [0, 0.1) is 25.7 Å². The fraction of sp³-hybridized carbons (Fsp3) is 0.200. The van der Waals surface area contributed by atoms with Gasteiger partial charge in [0.1, 0.15) is 12.4 Å². The summed E-state index contributed by atoms with van der Waals surface area (Å²) in [5, 5.41) is 20.7. The van der Waals surface area contributed by atoms with E-state index in [-0.39, 0.29) is 6.61 Å². The summed E-state index contributed by atoms with van der Waals surface area (Å²) >= 11 is 0. The minimum atomic E-state index is -1.49. The van der Waals surface area contributed by atoms with Crippen molar-refractivity contribution in [3.8, 4) is 28.7 Å². The van der Waals surface area contributed by atoms with Crippen LogP contribution in [0.2, 0.25) is 0 Å². The summed E-state index contributed by atoms with van der Waals surface area (Å²) in [6.45, 7) is 3.62. The summed E-state index contributed by atoms with van der Waals surface area (Å²) in [7, 11) is 1.64. The Hall–Kier alpha value is -3.06. The first-order valence-electron chi connectivity index (χ1n) is 9.14. The Balaban J connectivity index is 2.05. The molecule has 3 rings (SSSR count). The summed E-state index contributed by atoms with van der Waals surface area (Å²) < 4.78 is 5.21. The van der Waals surface area contributed by atoms with Crippen molar-refractivity contribution in [2.24, 2.45) is 0 Å². The Morgan fingerprint density at radius 2 is 1.50 bits per heavy atom. The minimum absolute atomic E-state index is 0.308. The second-order valence-electron chi connectivity index (χ2n) is 6.79. The van der Waals surface area contributed by atoms with Gasteiger partial charge in [-0.05, 0) is 42.7 Å². The zero-order valence-electron chi connectivity index (χ0n) is 16.4. The average molecular weight is 372 g/mol. The Labute approximate surface area is 166 Å². The van der Waals surface area contributed by atoms with E-state index in [1.54, 1.807) is 7.11 Å². The number of rotatable bonds is 4. The molecule has 3 nitrogen and oxygen atoms in total. The number of hydrogen-bond donors (Lipinski definition) is 2. The van der Waals surface area contributed by atoms with Gasteiger partial charge in [0.25, 0.3) is 0 Å². The maximum absolute atomic E-state index is 11.5. The quantitative estimate of drug-likeness (QED) is 0.675. The number of ether oxygens (including phenoxy) is 1. The summed E-state index contributed by atoms with van der Waals surface area (Å²) in [5.74, 6) is 6.30. The van der Waals surface area contributed by atoms with E-state index in [0.29, 0.717) is 5.56 Å². The molecule has 0 aliphatic carbocycles. The van der Waals surface area contributed by atoms with Gasteiger partial charge >= 0.3 is 0 Å². The van der Waals surface area contributed by atoms with Gasteiger partial charge in [-0.2, -0.15) is 0 Å². The van der Waals surface area contributed by atoms with Gasteiger partial charge in [0.15, 0.2) is 5.60 Å². The van der Waals surface area contributed by atoms with Gasteiger partial charge in [-0.3, -0.25) is 0 Å². The van der Waals surface area contributed by atoms with Gasteiger partial charge in [0, 0.05) is 11.1 Å². The summed E-state index contributed by atoms with van der Waals surface area (Å²) in [4.78, 5) is 0. The standard InChI is InChI=1S/C25H24O3/c1-18-5-6-19(2)24(17-18)25(27,15-4-16-26)22-11-7-20(8-12-22)21-9-13-23(28-3)14-10-21/h5-14,17,26-27H,16H2,1-3H3. The number of aliphatic hydroxyl groups excluding tert-OH is 1. The van der Waals surface area contributed by atoms with Crippen molar-refractivity contribution in [1.29, 1.82) is 0 Å². The van der Waals surface area contributed by atoms with Crippen LogP contribution in [0.1, 0.15) is 22.3 Å². The second-order valence-corrected chi connectivity index (χ2v) is 6.79. The van der Waals surface area contributed by atoms with E-state index < -0.39 is 5.60 Å². The highest BCUT2D eigenvalue weighted by atomic mass is 16.5. The van der Waals surface area contributed by atoms with Gasteiger partial charge < -0.3 is 14.9 Å². The van der Waals surface area contributed by atoms with Crippen LogP contribution in [0.15, 0.2) is 66.7 Å². The molecular weight excluding hydrogens is 348 g/mol. The Kier molecular flexibility index (Phi) is 5.84. The summed E-state index contributed by atoms with van der Waals surface area (Å²) in [5.41, 5.74) is 3.98. The fourth-order valence-electron chi connectivity index (χ4n) is 3.28. The molecular formula is C25H24O3. The van der Waals surface area contributed by atoms with Crippen LogP contribution in [-0.4, -0.2) is 23.9 Å². The molecule has 0 radical (unpaired) electrons. The van der Waals surface area contributed by atoms with E-state index in [1.807, 2.05) is 80.6 Å². The highest BCUT2D eigenvalue weighted by Crippen LogP contribution is 2.33. The molecule has 0 bridgehead atoms. The molecule has 0 saturated heterocycles. The van der Waals surface area contributed by atoms with Crippen LogP contribution in [-0.2, 0) is 5.60 Å². The third kappa shape index (κ3) is 3.94. The van der Waals surface area contributed by atoms with Crippen LogP contribution < -0.4 is 4.74 Å². The molecule has 0 heterocycles. The normalized spacial score (nSPS) is 12.6. The molecule has 2 N–H and O–H groups in total. The number of aryl methyl sites for hydroxylation is 2. The molecule has 0 aliphatic rings. The molecule has 0 fully saturated rings. The van der Waals surface area contributed by atoms with E-state index in [2.05, 4.69) is 11.8 Å². The monoisotopic (exact) mass is 372 g/mol. The molecule has 0 aromatic heterocycles. The van der Waals surface area contributed by atoms with Crippen LogP contribution in [0.3, 0.4) is 0 Å². The molecule has 28 heavy (non-hydrogen) atoms. The van der Waals surface area contributed by atoms with E-state index >= 15 is 0 Å². The first kappa shape index (κ1) is 19.7. The van der Waals surface area contributed by atoms with Crippen LogP contribution >= 0.6 is 0 Å². The second kappa shape index (κ2) is 8.31. The largest absolute Gasteiger partial charge is 0.497 e. The zero-order chi connectivity index (χ0) is 20.1. The maximum Gasteiger partial charge on any atom is 0.177 e. The number of benzene rings is 3. The van der Waals surface area contributed by atoms with Gasteiger partial charge in [0.05, 0.1) is 7.11 Å². The molecule has 1 unspecified atom stereocenters. The predicted molar refractivity (Wildman–Crippen MR) is 112 cm³/mol. The molecule has 3 aromatic carbocycles. The van der Waals surface area contributed by atoms with Crippen molar-refractivity contribution in [2.45, 2.75) is 19.4 Å². The van der Waals surface area contributed by atoms with Crippen LogP contribution in [0.4, 0.5) is 0 Å². The minimum Gasteiger partial charge on any atom is -0.497 e. The van der Waals surface area contributed by atoms with Gasteiger partial charge in [-0.25, -0.2) is 0 Å². The summed E-state index contributed by atoms with van der Waals surface area (Å²) in [6.07, 6.45) is 0. The Bertz CT molecular complexity index is 1010. The van der Waals surface area contributed by atoms with Crippen LogP contribution in [0.5, 0.6) is 5.75 Å². The Morgan fingerprint density at radius 1 is 0.893 bits per heavy atom. The van der Waals surface area contributed by atoms with E-state index in [0.717, 1.165) is 33.6 Å². The van der Waals surface area contributed by atoms with E-state index in [9.17, 15) is 10.2 Å². The van der Waals surface area contributed by atoms with E-state index in [1.165, 1.54) is 0 Å². The molecule has 3 aromatic rings. The fourth-order valence-corrected chi connectivity index (χ4v) is 3.28. The molecule has 0 aliphatic heterocycles. The topological polar surface area (TPSA) is 49.7 Å². The SMILES string of the molecule is COc1ccc(-c2ccc(C(O)(C#CCO)c3cc(C)ccc3C)cc2)cc1. The lowest BCUT2D eigenvalue weighted by atomic mass is 9.83. The van der Waals surface area contributed by atoms with Crippen LogP contribution in [0.25, 0.3) is 11.1 Å². The highest BCUT2D eigenvalue weighted by Gasteiger charge is 2.31. The number of hydrogen-bond acceptors (Lipinski definition) is 3. The first-order chi connectivity index (χ1) is 13.5. The number of methoxy groups -OCH3 is 1. The molecule has 142 valence electrons. The predicted octanol–water partition coefficient (Wildman–Crippen LogP) is 4.21. The van der Waals surface area contributed by atoms with Crippen molar-refractivity contribution in [3.05, 3.63) is 89.0 Å². The zero-order valence-corrected chi connectivity index (χ0v) is 16.4.